The summed E-state index contributed by atoms with van der Waals surface area (Å²) in [7, 11) is 5.80. The Morgan fingerprint density at radius 2 is 2.07 bits per heavy atom. The maximum atomic E-state index is 15.7. The van der Waals surface area contributed by atoms with Crippen LogP contribution in [0.25, 0.3) is 16.1 Å². The fourth-order valence-corrected chi connectivity index (χ4v) is 3.84. The van der Waals surface area contributed by atoms with Gasteiger partial charge in [-0.15, -0.1) is 0 Å². The van der Waals surface area contributed by atoms with Crippen LogP contribution in [0, 0.1) is 12.4 Å². The predicted molar refractivity (Wildman–Crippen MR) is 106 cm³/mol. The van der Waals surface area contributed by atoms with Crippen LogP contribution in [0.15, 0.2) is 16.7 Å². The molecule has 6 nitrogen and oxygen atoms in total. The van der Waals surface area contributed by atoms with Crippen molar-refractivity contribution in [3.8, 4) is 17.0 Å². The van der Waals surface area contributed by atoms with Crippen LogP contribution in [0.2, 0.25) is 0 Å². The van der Waals surface area contributed by atoms with Crippen LogP contribution in [-0.4, -0.2) is 54.0 Å². The number of ether oxygens (including phenoxy) is 1. The summed E-state index contributed by atoms with van der Waals surface area (Å²) in [5.41, 5.74) is 1.49. The molecule has 1 aliphatic heterocycles. The predicted octanol–water partition coefficient (Wildman–Crippen LogP) is 3.83. The average Bonchev–Trinajstić information content (AvgIpc) is 3.33. The van der Waals surface area contributed by atoms with Gasteiger partial charge in [0.2, 0.25) is 5.69 Å². The zero-order chi connectivity index (χ0) is 19.3. The number of benzene rings is 1. The van der Waals surface area contributed by atoms with Gasteiger partial charge in [-0.2, -0.15) is 5.10 Å². The Kier molecular flexibility index (Phi) is 4.60. The van der Waals surface area contributed by atoms with Gasteiger partial charge in [-0.3, -0.25) is 4.68 Å². The second-order valence-electron chi connectivity index (χ2n) is 7.35. The zero-order valence-electron chi connectivity index (χ0n) is 15.5. The van der Waals surface area contributed by atoms with E-state index in [0.29, 0.717) is 27.6 Å². The van der Waals surface area contributed by atoms with Gasteiger partial charge in [0.05, 0.1) is 34.7 Å². The van der Waals surface area contributed by atoms with Crippen molar-refractivity contribution in [3.63, 3.8) is 0 Å². The molecule has 2 fully saturated rings. The third kappa shape index (κ3) is 3.19. The number of hydrogen-bond donors (Lipinski definition) is 0. The number of hydrogen-bond acceptors (Lipinski definition) is 4. The van der Waals surface area contributed by atoms with E-state index in [1.807, 2.05) is 19.0 Å². The summed E-state index contributed by atoms with van der Waals surface area (Å²) < 4.78 is 23.9. The molecule has 1 saturated carbocycles. The quantitative estimate of drug-likeness (QED) is 0.671. The highest BCUT2D eigenvalue weighted by molar-refractivity contribution is 9.10. The lowest BCUT2D eigenvalue weighted by molar-refractivity contribution is 0.245. The third-order valence-electron chi connectivity index (χ3n) is 5.18. The van der Waals surface area contributed by atoms with Crippen molar-refractivity contribution in [1.82, 2.24) is 14.7 Å². The summed E-state index contributed by atoms with van der Waals surface area (Å²) >= 11 is 3.45. The fourth-order valence-electron chi connectivity index (χ4n) is 3.29. The molecule has 1 aromatic carbocycles. The highest BCUT2D eigenvalue weighted by Crippen LogP contribution is 2.48. The van der Waals surface area contributed by atoms with E-state index in [9.17, 15) is 0 Å². The maximum Gasteiger partial charge on any atom is 0.240 e. The third-order valence-corrected chi connectivity index (χ3v) is 5.76. The van der Waals surface area contributed by atoms with Crippen molar-refractivity contribution in [3.05, 3.63) is 34.0 Å². The molecule has 4 rings (SSSR count). The van der Waals surface area contributed by atoms with Gasteiger partial charge in [0.1, 0.15) is 11.6 Å². The van der Waals surface area contributed by atoms with Gasteiger partial charge in [0, 0.05) is 31.7 Å². The monoisotopic (exact) mass is 433 g/mol. The molecule has 0 N–H and O–H groups in total. The van der Waals surface area contributed by atoms with E-state index in [2.05, 4.69) is 30.8 Å². The zero-order valence-corrected chi connectivity index (χ0v) is 17.1. The molecule has 2 aliphatic rings. The first kappa shape index (κ1) is 18.3. The molecule has 1 aromatic heterocycles. The Balaban J connectivity index is 1.85. The van der Waals surface area contributed by atoms with E-state index >= 15 is 4.39 Å². The number of aromatic nitrogens is 2. The summed E-state index contributed by atoms with van der Waals surface area (Å²) in [4.78, 5) is 7.78. The Hall–Kier alpha value is -2.11. The molecule has 0 unspecified atom stereocenters. The highest BCUT2D eigenvalue weighted by atomic mass is 79.9. The largest absolute Gasteiger partial charge is 0.501 e. The summed E-state index contributed by atoms with van der Waals surface area (Å²) in [6.45, 7) is 9.16. The average molecular weight is 434 g/mol. The van der Waals surface area contributed by atoms with Crippen LogP contribution in [0.3, 0.4) is 0 Å². The topological polar surface area (TPSA) is 37.9 Å². The van der Waals surface area contributed by atoms with Crippen LogP contribution in [0.4, 0.5) is 15.8 Å². The molecule has 142 valence electrons. The molecule has 0 radical (unpaired) electrons. The van der Waals surface area contributed by atoms with Gasteiger partial charge in [0.25, 0.3) is 0 Å². The van der Waals surface area contributed by atoms with Crippen LogP contribution < -0.4 is 9.64 Å². The molecule has 8 heteroatoms. The van der Waals surface area contributed by atoms with E-state index in [-0.39, 0.29) is 17.4 Å². The van der Waals surface area contributed by atoms with Gasteiger partial charge in [-0.25, -0.2) is 9.24 Å². The summed E-state index contributed by atoms with van der Waals surface area (Å²) in [5.74, 6) is 0.0611. The van der Waals surface area contributed by atoms with Crippen LogP contribution in [0.1, 0.15) is 12.8 Å². The minimum atomic E-state index is -0.398. The van der Waals surface area contributed by atoms with Crippen molar-refractivity contribution in [2.45, 2.75) is 25.0 Å². The van der Waals surface area contributed by atoms with Gasteiger partial charge in [-0.1, -0.05) is 0 Å². The minimum Gasteiger partial charge on any atom is -0.501 e. The van der Waals surface area contributed by atoms with Gasteiger partial charge in [0.15, 0.2) is 0 Å². The van der Waals surface area contributed by atoms with E-state index < -0.39 is 5.82 Å². The summed E-state index contributed by atoms with van der Waals surface area (Å²) in [6, 6.07) is 2.09. The van der Waals surface area contributed by atoms with Gasteiger partial charge >= 0.3 is 0 Å². The van der Waals surface area contributed by atoms with E-state index in [1.54, 1.807) is 24.0 Å². The molecule has 0 spiro atoms. The maximum absolute atomic E-state index is 15.7. The number of rotatable bonds is 5. The summed E-state index contributed by atoms with van der Waals surface area (Å²) in [5, 5.41) is 4.20. The smallest absolute Gasteiger partial charge is 0.240 e. The Labute approximate surface area is 166 Å². The van der Waals surface area contributed by atoms with Crippen LogP contribution in [-0.2, 0) is 7.05 Å². The fraction of sp³-hybridized carbons (Fsp3) is 0.474. The van der Waals surface area contributed by atoms with Gasteiger partial charge in [-0.05, 0) is 48.9 Å². The molecule has 27 heavy (non-hydrogen) atoms. The second kappa shape index (κ2) is 6.80. The van der Waals surface area contributed by atoms with E-state index in [0.717, 1.165) is 25.9 Å². The highest BCUT2D eigenvalue weighted by Gasteiger charge is 2.35. The molecular weight excluding hydrogens is 413 g/mol. The lowest BCUT2D eigenvalue weighted by atomic mass is 10.0. The molecule has 1 saturated heterocycles. The number of aryl methyl sites for hydroxylation is 1. The standard InChI is InChI=1S/C19H21BrFN5O/c1-22-18-15(27-12-5-6-12)7-14(26-9-11(10-26)24(2)3)17(21)16(18)19-13(20)8-23-25(19)4/h7-8,11-12H,5-6,9-10H2,2-4H3. The summed E-state index contributed by atoms with van der Waals surface area (Å²) in [6.07, 6.45) is 3.68. The van der Waals surface area contributed by atoms with E-state index in [1.165, 1.54) is 0 Å². The first-order valence-corrected chi connectivity index (χ1v) is 9.69. The number of halogens is 2. The van der Waals surface area contributed by atoms with Crippen LogP contribution in [0.5, 0.6) is 5.75 Å². The lowest BCUT2D eigenvalue weighted by Gasteiger charge is -2.44. The Bertz CT molecular complexity index is 906. The van der Waals surface area contributed by atoms with Crippen LogP contribution >= 0.6 is 15.9 Å². The minimum absolute atomic E-state index is 0.123. The molecule has 0 bridgehead atoms. The molecule has 0 atom stereocenters. The molecule has 2 aromatic rings. The number of likely N-dealkylation sites (N-methyl/N-ethyl adjacent to an activating group) is 1. The molecular formula is C19H21BrFN5O. The molecule has 2 heterocycles. The first-order valence-electron chi connectivity index (χ1n) is 8.90. The number of nitrogens with zero attached hydrogens (tertiary/aromatic N) is 5. The first-order chi connectivity index (χ1) is 12.9. The van der Waals surface area contributed by atoms with Gasteiger partial charge < -0.3 is 14.5 Å². The van der Waals surface area contributed by atoms with E-state index in [4.69, 9.17) is 11.3 Å². The normalized spacial score (nSPS) is 17.1. The Morgan fingerprint density at radius 3 is 2.59 bits per heavy atom. The van der Waals surface area contributed by atoms with Crippen molar-refractivity contribution in [1.29, 1.82) is 0 Å². The van der Waals surface area contributed by atoms with Crippen molar-refractivity contribution < 1.29 is 9.13 Å². The van der Waals surface area contributed by atoms with Crippen molar-refractivity contribution >= 4 is 27.3 Å². The Morgan fingerprint density at radius 1 is 1.37 bits per heavy atom. The molecule has 1 aliphatic carbocycles. The molecule has 0 amide bonds. The SMILES string of the molecule is [C-]#[N+]c1c(OC2CC2)cc(N2CC(N(C)C)C2)c(F)c1-c1c(Br)cnn1C. The number of anilines is 1. The lowest BCUT2D eigenvalue weighted by Crippen LogP contribution is -2.57. The second-order valence-corrected chi connectivity index (χ2v) is 8.20. The van der Waals surface area contributed by atoms with Crippen molar-refractivity contribution in [2.24, 2.45) is 7.05 Å². The van der Waals surface area contributed by atoms with Crippen molar-refractivity contribution in [2.75, 3.05) is 32.1 Å².